The SMILES string of the molecule is CC[C@@H](C)[C@H](NC(=O)c1cn(CCOC)c(=O)c2ccccc12)c1nc2ccccc2[nH]1. The lowest BCUT2D eigenvalue weighted by molar-refractivity contribution is 0.0921. The number of methoxy groups -OCH3 is 1. The molecule has 7 heteroatoms. The van der Waals surface area contributed by atoms with Crippen LogP contribution in [-0.2, 0) is 11.3 Å². The largest absolute Gasteiger partial charge is 0.383 e. The van der Waals surface area contributed by atoms with Gasteiger partial charge in [-0.1, -0.05) is 50.6 Å². The molecule has 0 spiro atoms. The Hall–Kier alpha value is -3.45. The summed E-state index contributed by atoms with van der Waals surface area (Å²) in [6.45, 7) is 4.94. The average Bonchev–Trinajstić information content (AvgIpc) is 3.25. The van der Waals surface area contributed by atoms with Gasteiger partial charge in [-0.15, -0.1) is 0 Å². The van der Waals surface area contributed by atoms with E-state index >= 15 is 0 Å². The third-order valence-electron chi connectivity index (χ3n) is 5.98. The molecule has 166 valence electrons. The van der Waals surface area contributed by atoms with Gasteiger partial charge < -0.3 is 19.6 Å². The number of aromatic amines is 1. The first-order chi connectivity index (χ1) is 15.5. The normalized spacial score (nSPS) is 13.3. The number of amides is 1. The maximum Gasteiger partial charge on any atom is 0.258 e. The molecule has 4 rings (SSSR count). The second-order valence-electron chi connectivity index (χ2n) is 8.06. The molecule has 32 heavy (non-hydrogen) atoms. The maximum absolute atomic E-state index is 13.5. The smallest absolute Gasteiger partial charge is 0.258 e. The van der Waals surface area contributed by atoms with Crippen molar-refractivity contribution in [3.05, 3.63) is 76.5 Å². The van der Waals surface area contributed by atoms with Gasteiger partial charge in [-0.05, 0) is 24.1 Å². The monoisotopic (exact) mass is 432 g/mol. The lowest BCUT2D eigenvalue weighted by Crippen LogP contribution is -2.34. The van der Waals surface area contributed by atoms with Crippen molar-refractivity contribution in [2.24, 2.45) is 5.92 Å². The molecule has 0 saturated heterocycles. The highest BCUT2D eigenvalue weighted by Gasteiger charge is 2.25. The van der Waals surface area contributed by atoms with Crippen LogP contribution in [0.3, 0.4) is 0 Å². The molecule has 2 aromatic carbocycles. The van der Waals surface area contributed by atoms with E-state index in [0.29, 0.717) is 29.5 Å². The Morgan fingerprint density at radius 1 is 1.16 bits per heavy atom. The average molecular weight is 433 g/mol. The number of pyridine rings is 1. The fourth-order valence-electron chi connectivity index (χ4n) is 3.93. The van der Waals surface area contributed by atoms with Crippen molar-refractivity contribution in [3.8, 4) is 0 Å². The molecule has 2 heterocycles. The van der Waals surface area contributed by atoms with E-state index in [0.717, 1.165) is 23.3 Å². The molecule has 0 aliphatic rings. The minimum Gasteiger partial charge on any atom is -0.383 e. The Morgan fingerprint density at radius 2 is 1.88 bits per heavy atom. The minimum atomic E-state index is -0.294. The number of ether oxygens (including phenoxy) is 1. The van der Waals surface area contributed by atoms with Crippen LogP contribution < -0.4 is 10.9 Å². The molecule has 7 nitrogen and oxygen atoms in total. The van der Waals surface area contributed by atoms with Gasteiger partial charge in [0.25, 0.3) is 11.5 Å². The van der Waals surface area contributed by atoms with Crippen molar-refractivity contribution >= 4 is 27.7 Å². The molecular weight excluding hydrogens is 404 g/mol. The van der Waals surface area contributed by atoms with Crippen LogP contribution in [0, 0.1) is 5.92 Å². The molecule has 0 unspecified atom stereocenters. The van der Waals surface area contributed by atoms with E-state index < -0.39 is 0 Å². The summed E-state index contributed by atoms with van der Waals surface area (Å²) >= 11 is 0. The molecule has 0 fully saturated rings. The van der Waals surface area contributed by atoms with Crippen molar-refractivity contribution in [3.63, 3.8) is 0 Å². The first-order valence-electron chi connectivity index (χ1n) is 10.9. The van der Waals surface area contributed by atoms with Crippen molar-refractivity contribution in [1.82, 2.24) is 19.9 Å². The van der Waals surface area contributed by atoms with Gasteiger partial charge >= 0.3 is 0 Å². The first-order valence-corrected chi connectivity index (χ1v) is 10.9. The van der Waals surface area contributed by atoms with E-state index in [1.165, 1.54) is 0 Å². The highest BCUT2D eigenvalue weighted by atomic mass is 16.5. The Labute approximate surface area is 186 Å². The van der Waals surface area contributed by atoms with E-state index in [4.69, 9.17) is 9.72 Å². The number of hydrogen-bond donors (Lipinski definition) is 2. The first kappa shape index (κ1) is 21.8. The van der Waals surface area contributed by atoms with E-state index in [1.807, 2.05) is 42.5 Å². The van der Waals surface area contributed by atoms with Crippen LogP contribution in [0.5, 0.6) is 0 Å². The predicted octanol–water partition coefficient (Wildman–Crippen LogP) is 4.04. The Kier molecular flexibility index (Phi) is 6.37. The zero-order valence-corrected chi connectivity index (χ0v) is 18.6. The van der Waals surface area contributed by atoms with Crippen LogP contribution in [0.4, 0.5) is 0 Å². The second-order valence-corrected chi connectivity index (χ2v) is 8.06. The zero-order valence-electron chi connectivity index (χ0n) is 18.6. The molecule has 2 aromatic heterocycles. The Balaban J connectivity index is 1.75. The van der Waals surface area contributed by atoms with Crippen LogP contribution in [0.15, 0.2) is 59.5 Å². The van der Waals surface area contributed by atoms with Crippen molar-refractivity contribution in [2.75, 3.05) is 13.7 Å². The molecule has 0 aliphatic carbocycles. The number of nitrogens with one attached hydrogen (secondary N) is 2. The summed E-state index contributed by atoms with van der Waals surface area (Å²) in [5.74, 6) is 0.647. The number of rotatable bonds is 8. The fourth-order valence-corrected chi connectivity index (χ4v) is 3.93. The molecule has 0 aliphatic heterocycles. The van der Waals surface area contributed by atoms with Crippen molar-refractivity contribution in [2.45, 2.75) is 32.9 Å². The Bertz CT molecular complexity index is 1270. The summed E-state index contributed by atoms with van der Waals surface area (Å²) in [4.78, 5) is 34.5. The summed E-state index contributed by atoms with van der Waals surface area (Å²) in [7, 11) is 1.59. The van der Waals surface area contributed by atoms with Gasteiger partial charge in [0.1, 0.15) is 5.82 Å². The summed E-state index contributed by atoms with van der Waals surface area (Å²) in [5.41, 5.74) is 2.12. The van der Waals surface area contributed by atoms with Gasteiger partial charge in [-0.2, -0.15) is 0 Å². The number of carbonyl (C=O) groups excluding carboxylic acids is 1. The molecule has 0 saturated carbocycles. The van der Waals surface area contributed by atoms with Crippen LogP contribution in [0.25, 0.3) is 21.8 Å². The zero-order chi connectivity index (χ0) is 22.7. The molecule has 1 amide bonds. The lowest BCUT2D eigenvalue weighted by atomic mass is 9.97. The molecular formula is C25H28N4O3. The third-order valence-corrected chi connectivity index (χ3v) is 5.98. The van der Waals surface area contributed by atoms with Crippen LogP contribution in [-0.4, -0.2) is 34.2 Å². The Morgan fingerprint density at radius 3 is 2.59 bits per heavy atom. The van der Waals surface area contributed by atoms with Gasteiger partial charge in [-0.25, -0.2) is 4.98 Å². The maximum atomic E-state index is 13.5. The number of nitrogens with zero attached hydrogens (tertiary/aromatic N) is 2. The number of H-pyrrole nitrogens is 1. The molecule has 2 N–H and O–H groups in total. The number of para-hydroxylation sites is 2. The van der Waals surface area contributed by atoms with Crippen LogP contribution in [0.2, 0.25) is 0 Å². The number of imidazole rings is 1. The van der Waals surface area contributed by atoms with Gasteiger partial charge in [0, 0.05) is 30.6 Å². The predicted molar refractivity (Wildman–Crippen MR) is 126 cm³/mol. The fraction of sp³-hybridized carbons (Fsp3) is 0.320. The minimum absolute atomic E-state index is 0.134. The standard InChI is InChI=1S/C25H28N4O3/c1-4-16(2)22(23-26-20-11-7-8-12-21(20)27-23)28-24(30)19-15-29(13-14-32-3)25(31)18-10-6-5-9-17(18)19/h5-12,15-16,22H,4,13-14H2,1-3H3,(H,26,27)(H,28,30)/t16-,22+/m1/s1. The molecule has 2 atom stereocenters. The van der Waals surface area contributed by atoms with Crippen molar-refractivity contribution < 1.29 is 9.53 Å². The van der Waals surface area contributed by atoms with E-state index in [9.17, 15) is 9.59 Å². The number of fused-ring (bicyclic) bond motifs is 2. The summed E-state index contributed by atoms with van der Waals surface area (Å²) in [6, 6.07) is 14.7. The number of hydrogen-bond acceptors (Lipinski definition) is 4. The van der Waals surface area contributed by atoms with Crippen LogP contribution >= 0.6 is 0 Å². The molecule has 0 radical (unpaired) electrons. The topological polar surface area (TPSA) is 89.0 Å². The summed E-state index contributed by atoms with van der Waals surface area (Å²) in [6.07, 6.45) is 2.50. The number of carbonyl (C=O) groups is 1. The van der Waals surface area contributed by atoms with Crippen LogP contribution in [0.1, 0.15) is 42.5 Å². The third kappa shape index (κ3) is 4.16. The van der Waals surface area contributed by atoms with Gasteiger partial charge in [-0.3, -0.25) is 9.59 Å². The number of benzene rings is 2. The molecule has 0 bridgehead atoms. The van der Waals surface area contributed by atoms with Gasteiger partial charge in [0.05, 0.1) is 29.2 Å². The van der Waals surface area contributed by atoms with Crippen molar-refractivity contribution in [1.29, 1.82) is 0 Å². The van der Waals surface area contributed by atoms with E-state index in [1.54, 1.807) is 23.9 Å². The lowest BCUT2D eigenvalue weighted by Gasteiger charge is -2.23. The summed E-state index contributed by atoms with van der Waals surface area (Å²) < 4.78 is 6.68. The number of aromatic nitrogens is 3. The van der Waals surface area contributed by atoms with E-state index in [-0.39, 0.29) is 23.4 Å². The second kappa shape index (κ2) is 9.36. The van der Waals surface area contributed by atoms with Gasteiger partial charge in [0.2, 0.25) is 0 Å². The highest BCUT2D eigenvalue weighted by Crippen LogP contribution is 2.26. The highest BCUT2D eigenvalue weighted by molar-refractivity contribution is 6.06. The summed E-state index contributed by atoms with van der Waals surface area (Å²) in [5, 5.41) is 4.33. The van der Waals surface area contributed by atoms with E-state index in [2.05, 4.69) is 24.1 Å². The van der Waals surface area contributed by atoms with Gasteiger partial charge in [0.15, 0.2) is 0 Å². The molecule has 4 aromatic rings. The quantitative estimate of drug-likeness (QED) is 0.440.